The highest BCUT2D eigenvalue weighted by molar-refractivity contribution is 5.38. The first-order valence-electron chi connectivity index (χ1n) is 4.91. The number of nitriles is 2. The molecule has 0 bridgehead atoms. The maximum Gasteiger partial charge on any atom is 0.167 e. The lowest BCUT2D eigenvalue weighted by atomic mass is 9.86. The molecule has 3 nitrogen and oxygen atoms in total. The van der Waals surface area contributed by atoms with E-state index in [9.17, 15) is 0 Å². The van der Waals surface area contributed by atoms with Crippen LogP contribution in [0.5, 0.6) is 0 Å². The third-order valence-electron chi connectivity index (χ3n) is 2.67. The van der Waals surface area contributed by atoms with Gasteiger partial charge in [0.2, 0.25) is 0 Å². The quantitative estimate of drug-likeness (QED) is 0.496. The first-order chi connectivity index (χ1) is 6.83. The molecule has 74 valence electrons. The average Bonchev–Trinajstić information content (AvgIpc) is 2.27. The summed E-state index contributed by atoms with van der Waals surface area (Å²) in [7, 11) is 1.54. The monoisotopic (exact) mass is 190 g/mol. The van der Waals surface area contributed by atoms with Crippen LogP contribution in [0.1, 0.15) is 32.1 Å². The van der Waals surface area contributed by atoms with Crippen LogP contribution in [-0.2, 0) is 4.74 Å². The second-order valence-corrected chi connectivity index (χ2v) is 3.50. The molecule has 0 atom stereocenters. The van der Waals surface area contributed by atoms with Crippen molar-refractivity contribution in [3.8, 4) is 12.1 Å². The zero-order chi connectivity index (χ0) is 10.4. The van der Waals surface area contributed by atoms with Crippen molar-refractivity contribution in [2.75, 3.05) is 7.11 Å². The maximum absolute atomic E-state index is 8.75. The molecule has 0 N–H and O–H groups in total. The van der Waals surface area contributed by atoms with Gasteiger partial charge in [-0.1, -0.05) is 19.3 Å². The summed E-state index contributed by atoms with van der Waals surface area (Å²) >= 11 is 0. The van der Waals surface area contributed by atoms with Gasteiger partial charge >= 0.3 is 0 Å². The van der Waals surface area contributed by atoms with Crippen LogP contribution < -0.4 is 0 Å². The van der Waals surface area contributed by atoms with E-state index in [1.165, 1.54) is 19.3 Å². The topological polar surface area (TPSA) is 56.8 Å². The molecule has 0 aromatic rings. The summed E-state index contributed by atoms with van der Waals surface area (Å²) in [6.45, 7) is 0. The molecular weight excluding hydrogens is 176 g/mol. The molecule has 3 heteroatoms. The van der Waals surface area contributed by atoms with Crippen molar-refractivity contribution in [1.82, 2.24) is 0 Å². The third-order valence-corrected chi connectivity index (χ3v) is 2.67. The van der Waals surface area contributed by atoms with Gasteiger partial charge in [0.25, 0.3) is 0 Å². The Balaban J connectivity index is 2.85. The predicted molar refractivity (Wildman–Crippen MR) is 51.8 cm³/mol. The number of ether oxygens (including phenoxy) is 1. The molecular formula is C11H14N2O. The summed E-state index contributed by atoms with van der Waals surface area (Å²) in [5.41, 5.74) is 0.138. The van der Waals surface area contributed by atoms with Crippen molar-refractivity contribution in [3.63, 3.8) is 0 Å². The number of methoxy groups -OCH3 is 1. The van der Waals surface area contributed by atoms with Crippen LogP contribution in [0.3, 0.4) is 0 Å². The summed E-state index contributed by atoms with van der Waals surface area (Å²) in [6.07, 6.45) is 5.66. The van der Waals surface area contributed by atoms with E-state index in [1.807, 2.05) is 12.1 Å². The molecule has 0 radical (unpaired) electrons. The molecule has 1 aliphatic rings. The molecule has 0 unspecified atom stereocenters. The molecule has 1 aliphatic carbocycles. The van der Waals surface area contributed by atoms with Crippen LogP contribution in [0.15, 0.2) is 11.3 Å². The summed E-state index contributed by atoms with van der Waals surface area (Å²) in [6, 6.07) is 3.79. The Kier molecular flexibility index (Phi) is 4.01. The molecule has 14 heavy (non-hydrogen) atoms. The van der Waals surface area contributed by atoms with Gasteiger partial charge in [0.05, 0.1) is 7.11 Å². The van der Waals surface area contributed by atoms with Crippen LogP contribution >= 0.6 is 0 Å². The Labute approximate surface area is 84.6 Å². The standard InChI is InChI=1S/C11H14N2O/c1-14-11(10(7-12)8-13)9-5-3-2-4-6-9/h9H,2-6H2,1H3. The third kappa shape index (κ3) is 2.26. The maximum atomic E-state index is 8.75. The number of hydrogen-bond acceptors (Lipinski definition) is 3. The van der Waals surface area contributed by atoms with E-state index < -0.39 is 0 Å². The zero-order valence-electron chi connectivity index (χ0n) is 8.42. The summed E-state index contributed by atoms with van der Waals surface area (Å²) < 4.78 is 5.17. The molecule has 0 heterocycles. The highest BCUT2D eigenvalue weighted by Crippen LogP contribution is 2.31. The molecule has 1 fully saturated rings. The normalized spacial score (nSPS) is 16.5. The van der Waals surface area contributed by atoms with Crippen LogP contribution in [0.25, 0.3) is 0 Å². The Morgan fingerprint density at radius 2 is 1.71 bits per heavy atom. The molecule has 1 rings (SSSR count). The van der Waals surface area contributed by atoms with E-state index in [0.717, 1.165) is 12.8 Å². The van der Waals surface area contributed by atoms with E-state index in [2.05, 4.69) is 0 Å². The van der Waals surface area contributed by atoms with Gasteiger partial charge in [0.15, 0.2) is 5.57 Å². The number of allylic oxidation sites excluding steroid dienone is 2. The average molecular weight is 190 g/mol. The van der Waals surface area contributed by atoms with Crippen molar-refractivity contribution < 1.29 is 4.74 Å². The fourth-order valence-electron chi connectivity index (χ4n) is 1.97. The van der Waals surface area contributed by atoms with Crippen molar-refractivity contribution in [1.29, 1.82) is 10.5 Å². The lowest BCUT2D eigenvalue weighted by molar-refractivity contribution is 0.212. The first-order valence-corrected chi connectivity index (χ1v) is 4.91. The van der Waals surface area contributed by atoms with Gasteiger partial charge in [-0.2, -0.15) is 10.5 Å². The van der Waals surface area contributed by atoms with Crippen LogP contribution in [0, 0.1) is 28.6 Å². The smallest absolute Gasteiger partial charge is 0.167 e. The van der Waals surface area contributed by atoms with Crippen molar-refractivity contribution >= 4 is 0 Å². The molecule has 0 spiro atoms. The molecule has 0 saturated heterocycles. The van der Waals surface area contributed by atoms with Crippen molar-refractivity contribution in [2.45, 2.75) is 32.1 Å². The van der Waals surface area contributed by atoms with Crippen LogP contribution in [-0.4, -0.2) is 7.11 Å². The summed E-state index contributed by atoms with van der Waals surface area (Å²) in [5.74, 6) is 0.873. The van der Waals surface area contributed by atoms with E-state index >= 15 is 0 Å². The van der Waals surface area contributed by atoms with Crippen LogP contribution in [0.2, 0.25) is 0 Å². The Morgan fingerprint density at radius 3 is 2.14 bits per heavy atom. The van der Waals surface area contributed by atoms with E-state index in [0.29, 0.717) is 5.76 Å². The fourth-order valence-corrected chi connectivity index (χ4v) is 1.97. The van der Waals surface area contributed by atoms with Gasteiger partial charge in [0, 0.05) is 5.92 Å². The SMILES string of the molecule is COC(=C(C#N)C#N)C1CCCCC1. The minimum Gasteiger partial charge on any atom is -0.499 e. The second kappa shape index (κ2) is 5.29. The molecule has 0 aliphatic heterocycles. The minimum absolute atomic E-state index is 0.138. The van der Waals surface area contributed by atoms with E-state index in [1.54, 1.807) is 7.11 Å². The molecule has 0 aromatic heterocycles. The lowest BCUT2D eigenvalue weighted by Gasteiger charge is -2.23. The van der Waals surface area contributed by atoms with E-state index in [-0.39, 0.29) is 11.5 Å². The number of hydrogen-bond donors (Lipinski definition) is 0. The number of nitrogens with zero attached hydrogens (tertiary/aromatic N) is 2. The van der Waals surface area contributed by atoms with Crippen molar-refractivity contribution in [3.05, 3.63) is 11.3 Å². The van der Waals surface area contributed by atoms with E-state index in [4.69, 9.17) is 15.3 Å². The summed E-state index contributed by atoms with van der Waals surface area (Å²) in [4.78, 5) is 0. The molecule has 0 amide bonds. The van der Waals surface area contributed by atoms with Gasteiger partial charge in [-0.3, -0.25) is 0 Å². The van der Waals surface area contributed by atoms with Gasteiger partial charge in [-0.15, -0.1) is 0 Å². The summed E-state index contributed by atoms with van der Waals surface area (Å²) in [5, 5.41) is 17.5. The Bertz CT molecular complexity index is 284. The van der Waals surface area contributed by atoms with Gasteiger partial charge < -0.3 is 4.74 Å². The largest absolute Gasteiger partial charge is 0.499 e. The Morgan fingerprint density at radius 1 is 1.14 bits per heavy atom. The number of rotatable bonds is 2. The van der Waals surface area contributed by atoms with Crippen LogP contribution in [0.4, 0.5) is 0 Å². The molecule has 0 aromatic carbocycles. The lowest BCUT2D eigenvalue weighted by Crippen LogP contribution is -2.12. The highest BCUT2D eigenvalue weighted by atomic mass is 16.5. The highest BCUT2D eigenvalue weighted by Gasteiger charge is 2.21. The first kappa shape index (κ1) is 10.6. The fraction of sp³-hybridized carbons (Fsp3) is 0.636. The molecule has 1 saturated carbocycles. The van der Waals surface area contributed by atoms with Crippen molar-refractivity contribution in [2.24, 2.45) is 5.92 Å². The Hall–Kier alpha value is -1.48. The van der Waals surface area contributed by atoms with Gasteiger partial charge in [-0.25, -0.2) is 0 Å². The zero-order valence-corrected chi connectivity index (χ0v) is 8.42. The minimum atomic E-state index is 0.138. The van der Waals surface area contributed by atoms with Gasteiger partial charge in [-0.05, 0) is 12.8 Å². The van der Waals surface area contributed by atoms with Gasteiger partial charge in [0.1, 0.15) is 17.9 Å². The predicted octanol–water partition coefficient (Wildman–Crippen LogP) is 2.51. The second-order valence-electron chi connectivity index (χ2n) is 3.50.